The Bertz CT molecular complexity index is 1050. The Morgan fingerprint density at radius 1 is 0.929 bits per heavy atom. The van der Waals surface area contributed by atoms with Crippen LogP contribution in [0.15, 0.2) is 42.5 Å². The molecule has 3 aromatic rings. The highest BCUT2D eigenvalue weighted by Gasteiger charge is 2.23. The Balaban J connectivity index is 1.99. The Morgan fingerprint density at radius 2 is 1.57 bits per heavy atom. The van der Waals surface area contributed by atoms with E-state index in [9.17, 15) is 18.4 Å². The summed E-state index contributed by atoms with van der Waals surface area (Å²) in [4.78, 5) is 29.0. The van der Waals surface area contributed by atoms with Crippen LogP contribution in [-0.2, 0) is 16.1 Å². The first-order chi connectivity index (χ1) is 13.4. The molecule has 2 aromatic carbocycles. The second-order valence-corrected chi connectivity index (χ2v) is 5.97. The van der Waals surface area contributed by atoms with Crippen LogP contribution in [0.25, 0.3) is 10.9 Å². The molecule has 0 aliphatic heterocycles. The first kappa shape index (κ1) is 19.4. The number of hydrogen-bond acceptors (Lipinski definition) is 5. The fraction of sp³-hybridized carbons (Fsp3) is 0.190. The van der Waals surface area contributed by atoms with Crippen molar-refractivity contribution >= 4 is 22.8 Å². The van der Waals surface area contributed by atoms with Gasteiger partial charge in [-0.05, 0) is 37.6 Å². The third-order valence-electron chi connectivity index (χ3n) is 4.21. The normalized spacial score (nSPS) is 10.7. The van der Waals surface area contributed by atoms with Gasteiger partial charge in [-0.2, -0.15) is 0 Å². The Labute approximate surface area is 159 Å². The maximum absolute atomic E-state index is 13.8. The molecule has 0 unspecified atom stereocenters. The number of hydrogen-bond donors (Lipinski definition) is 0. The molecule has 0 bridgehead atoms. The first-order valence-corrected chi connectivity index (χ1v) is 8.60. The van der Waals surface area contributed by atoms with E-state index in [1.807, 2.05) is 12.1 Å². The molecule has 28 heavy (non-hydrogen) atoms. The lowest BCUT2D eigenvalue weighted by atomic mass is 10.0. The Morgan fingerprint density at radius 3 is 2.25 bits per heavy atom. The van der Waals surface area contributed by atoms with Crippen LogP contribution in [0.3, 0.4) is 0 Å². The number of aryl methyl sites for hydroxylation is 1. The zero-order valence-electron chi connectivity index (χ0n) is 15.3. The minimum absolute atomic E-state index is 0.153. The van der Waals surface area contributed by atoms with E-state index in [-0.39, 0.29) is 17.9 Å². The predicted octanol–water partition coefficient (Wildman–Crippen LogP) is 4.36. The maximum atomic E-state index is 13.8. The summed E-state index contributed by atoms with van der Waals surface area (Å²) in [5, 5.41) is 0.751. The van der Waals surface area contributed by atoms with E-state index in [1.54, 1.807) is 26.0 Å². The van der Waals surface area contributed by atoms with Crippen LogP contribution < -0.4 is 0 Å². The highest BCUT2D eigenvalue weighted by atomic mass is 19.1. The highest BCUT2D eigenvalue weighted by molar-refractivity contribution is 5.98. The molecule has 144 valence electrons. The number of carbonyl (C=O) groups is 2. The van der Waals surface area contributed by atoms with Gasteiger partial charge in [0, 0.05) is 5.39 Å². The van der Waals surface area contributed by atoms with Crippen molar-refractivity contribution in [3.63, 3.8) is 0 Å². The number of halogens is 2. The number of ether oxygens (including phenoxy) is 2. The van der Waals surface area contributed by atoms with Gasteiger partial charge < -0.3 is 9.47 Å². The largest absolute Gasteiger partial charge is 0.462 e. The van der Waals surface area contributed by atoms with E-state index in [0.717, 1.165) is 23.6 Å². The van der Waals surface area contributed by atoms with Crippen molar-refractivity contribution in [2.24, 2.45) is 0 Å². The number of nitrogens with zero attached hydrogens (tertiary/aromatic N) is 1. The van der Waals surface area contributed by atoms with Crippen LogP contribution in [-0.4, -0.2) is 23.5 Å². The van der Waals surface area contributed by atoms with Gasteiger partial charge in [0.15, 0.2) is 0 Å². The van der Waals surface area contributed by atoms with E-state index in [1.165, 1.54) is 0 Å². The van der Waals surface area contributed by atoms with Crippen molar-refractivity contribution in [2.75, 3.05) is 6.61 Å². The molecule has 0 fully saturated rings. The van der Waals surface area contributed by atoms with E-state index in [0.29, 0.717) is 11.1 Å². The van der Waals surface area contributed by atoms with Gasteiger partial charge in [-0.25, -0.2) is 23.4 Å². The molecular formula is C21H17F2NO4. The number of pyridine rings is 1. The van der Waals surface area contributed by atoms with Gasteiger partial charge in [0.25, 0.3) is 0 Å². The van der Waals surface area contributed by atoms with Crippen LogP contribution in [0, 0.1) is 18.6 Å². The number of aromatic nitrogens is 1. The lowest BCUT2D eigenvalue weighted by molar-refractivity contribution is 0.0435. The zero-order chi connectivity index (χ0) is 20.3. The van der Waals surface area contributed by atoms with Gasteiger partial charge in [-0.1, -0.05) is 24.3 Å². The van der Waals surface area contributed by atoms with Crippen molar-refractivity contribution < 1.29 is 27.8 Å². The molecule has 7 heteroatoms. The zero-order valence-corrected chi connectivity index (χ0v) is 15.3. The van der Waals surface area contributed by atoms with Crippen molar-refractivity contribution in [1.82, 2.24) is 4.98 Å². The van der Waals surface area contributed by atoms with E-state index in [2.05, 4.69) is 4.98 Å². The quantitative estimate of drug-likeness (QED) is 0.611. The second-order valence-electron chi connectivity index (χ2n) is 5.97. The summed E-state index contributed by atoms with van der Waals surface area (Å²) in [5.41, 5.74) is 0.739. The van der Waals surface area contributed by atoms with Crippen LogP contribution in [0.4, 0.5) is 8.78 Å². The standard InChI is InChI=1S/C21H17F2NO4/c1-3-27-20(25)18-12(2)13-7-4-5-10-16(13)24-17(18)11-28-21(26)19-14(22)8-6-9-15(19)23/h4-10H,3,11H2,1-2H3. The molecule has 0 atom stereocenters. The van der Waals surface area contributed by atoms with Crippen LogP contribution >= 0.6 is 0 Å². The molecule has 3 rings (SSSR count). The number of fused-ring (bicyclic) bond motifs is 1. The average molecular weight is 385 g/mol. The molecule has 1 aromatic heterocycles. The summed E-state index contributed by atoms with van der Waals surface area (Å²) >= 11 is 0. The Hall–Kier alpha value is -3.35. The van der Waals surface area contributed by atoms with Crippen LogP contribution in [0.5, 0.6) is 0 Å². The topological polar surface area (TPSA) is 65.5 Å². The molecule has 0 aliphatic carbocycles. The van der Waals surface area contributed by atoms with Crippen molar-refractivity contribution in [3.05, 3.63) is 76.5 Å². The number of esters is 2. The first-order valence-electron chi connectivity index (χ1n) is 8.60. The molecule has 0 saturated carbocycles. The number of rotatable bonds is 5. The summed E-state index contributed by atoms with van der Waals surface area (Å²) in [5.74, 6) is -3.85. The lowest BCUT2D eigenvalue weighted by Gasteiger charge is -2.14. The minimum Gasteiger partial charge on any atom is -0.462 e. The lowest BCUT2D eigenvalue weighted by Crippen LogP contribution is -2.16. The molecular weight excluding hydrogens is 368 g/mol. The van der Waals surface area contributed by atoms with Gasteiger partial charge in [-0.3, -0.25) is 0 Å². The number of benzene rings is 2. The molecule has 0 radical (unpaired) electrons. The molecule has 1 heterocycles. The summed E-state index contributed by atoms with van der Waals surface area (Å²) in [6, 6.07) is 10.2. The van der Waals surface area contributed by atoms with Crippen molar-refractivity contribution in [1.29, 1.82) is 0 Å². The van der Waals surface area contributed by atoms with E-state index < -0.39 is 35.7 Å². The molecule has 5 nitrogen and oxygen atoms in total. The fourth-order valence-corrected chi connectivity index (χ4v) is 2.92. The third-order valence-corrected chi connectivity index (χ3v) is 4.21. The Kier molecular flexibility index (Phi) is 5.63. The monoisotopic (exact) mass is 385 g/mol. The van der Waals surface area contributed by atoms with Crippen molar-refractivity contribution in [3.8, 4) is 0 Å². The fourth-order valence-electron chi connectivity index (χ4n) is 2.92. The summed E-state index contributed by atoms with van der Waals surface area (Å²) < 4.78 is 37.7. The van der Waals surface area contributed by atoms with Crippen LogP contribution in [0.1, 0.15) is 38.9 Å². The van der Waals surface area contributed by atoms with Gasteiger partial charge >= 0.3 is 11.9 Å². The number of carbonyl (C=O) groups excluding carboxylic acids is 2. The number of para-hydroxylation sites is 1. The van der Waals surface area contributed by atoms with Gasteiger partial charge in [0.05, 0.1) is 23.4 Å². The van der Waals surface area contributed by atoms with Gasteiger partial charge in [-0.15, -0.1) is 0 Å². The molecule has 0 aliphatic rings. The minimum atomic E-state index is -1.18. The smallest absolute Gasteiger partial charge is 0.344 e. The molecule has 0 saturated heterocycles. The van der Waals surface area contributed by atoms with Crippen LogP contribution in [0.2, 0.25) is 0 Å². The van der Waals surface area contributed by atoms with Gasteiger partial charge in [0.2, 0.25) is 0 Å². The SMILES string of the molecule is CCOC(=O)c1c(COC(=O)c2c(F)cccc2F)nc2ccccc2c1C. The van der Waals surface area contributed by atoms with E-state index in [4.69, 9.17) is 9.47 Å². The van der Waals surface area contributed by atoms with Gasteiger partial charge in [0.1, 0.15) is 23.8 Å². The predicted molar refractivity (Wildman–Crippen MR) is 97.9 cm³/mol. The summed E-state index contributed by atoms with van der Waals surface area (Å²) in [6.45, 7) is 3.12. The second kappa shape index (κ2) is 8.12. The molecule has 0 N–H and O–H groups in total. The molecule has 0 amide bonds. The summed E-state index contributed by atoms with van der Waals surface area (Å²) in [6.07, 6.45) is 0. The van der Waals surface area contributed by atoms with E-state index >= 15 is 0 Å². The molecule has 0 spiro atoms. The third kappa shape index (κ3) is 3.69. The average Bonchev–Trinajstić information content (AvgIpc) is 2.66. The summed E-state index contributed by atoms with van der Waals surface area (Å²) in [7, 11) is 0. The van der Waals surface area contributed by atoms with Crippen molar-refractivity contribution in [2.45, 2.75) is 20.5 Å². The maximum Gasteiger partial charge on any atom is 0.344 e. The highest BCUT2D eigenvalue weighted by Crippen LogP contribution is 2.25.